The van der Waals surface area contributed by atoms with Gasteiger partial charge in [0.1, 0.15) is 16.7 Å². The molecule has 26 heavy (non-hydrogen) atoms. The Morgan fingerprint density at radius 1 is 1.19 bits per heavy atom. The monoisotopic (exact) mass is 411 g/mol. The van der Waals surface area contributed by atoms with Crippen LogP contribution in [-0.4, -0.2) is 25.7 Å². The van der Waals surface area contributed by atoms with E-state index in [-0.39, 0.29) is 20.8 Å². The van der Waals surface area contributed by atoms with E-state index in [9.17, 15) is 0 Å². The minimum atomic E-state index is -0.00160. The number of nitriles is 1. The van der Waals surface area contributed by atoms with Gasteiger partial charge in [0.2, 0.25) is 0 Å². The summed E-state index contributed by atoms with van der Waals surface area (Å²) in [5.74, 6) is 1.61. The van der Waals surface area contributed by atoms with Crippen LogP contribution in [0.4, 0.5) is 5.82 Å². The van der Waals surface area contributed by atoms with Crippen LogP contribution >= 0.6 is 34.8 Å². The number of halogens is 3. The van der Waals surface area contributed by atoms with Gasteiger partial charge in [0.15, 0.2) is 22.5 Å². The Morgan fingerprint density at radius 3 is 2.46 bits per heavy atom. The molecule has 0 aliphatic carbocycles. The van der Waals surface area contributed by atoms with E-state index in [0.717, 1.165) is 5.56 Å². The Morgan fingerprint density at radius 2 is 1.88 bits per heavy atom. The van der Waals surface area contributed by atoms with Crippen molar-refractivity contribution in [3.63, 3.8) is 0 Å². The summed E-state index contributed by atoms with van der Waals surface area (Å²) in [5, 5.41) is 9.36. The molecule has 5 nitrogen and oxygen atoms in total. The maximum Gasteiger partial charge on any atom is 0.161 e. The fraction of sp³-hybridized carbons (Fsp3) is 0.222. The van der Waals surface area contributed by atoms with Gasteiger partial charge in [-0.3, -0.25) is 0 Å². The van der Waals surface area contributed by atoms with Crippen molar-refractivity contribution >= 4 is 40.6 Å². The largest absolute Gasteiger partial charge is 0.493 e. The van der Waals surface area contributed by atoms with Crippen LogP contribution in [0.5, 0.6) is 11.5 Å². The summed E-state index contributed by atoms with van der Waals surface area (Å²) < 4.78 is 10.6. The number of ether oxygens (including phenoxy) is 2. The zero-order chi connectivity index (χ0) is 19.3. The van der Waals surface area contributed by atoms with E-state index in [1.165, 1.54) is 0 Å². The molecule has 1 aromatic heterocycles. The van der Waals surface area contributed by atoms with E-state index in [4.69, 9.17) is 49.5 Å². The van der Waals surface area contributed by atoms with E-state index in [1.807, 2.05) is 29.2 Å². The molecule has 0 fully saturated rings. The van der Waals surface area contributed by atoms with Crippen molar-refractivity contribution in [1.82, 2.24) is 4.98 Å². The van der Waals surface area contributed by atoms with E-state index in [2.05, 4.69) is 11.6 Å². The third-order valence-corrected chi connectivity index (χ3v) is 4.71. The number of benzene rings is 1. The highest BCUT2D eigenvalue weighted by Crippen LogP contribution is 2.37. The zero-order valence-corrected chi connectivity index (χ0v) is 16.5. The number of rotatable bonds is 7. The van der Waals surface area contributed by atoms with Crippen LogP contribution in [0.15, 0.2) is 30.9 Å². The summed E-state index contributed by atoms with van der Waals surface area (Å²) in [6.45, 7) is 4.65. The van der Waals surface area contributed by atoms with Gasteiger partial charge in [-0.1, -0.05) is 46.9 Å². The van der Waals surface area contributed by atoms with Crippen molar-refractivity contribution in [2.24, 2.45) is 0 Å². The predicted octanol–water partition coefficient (Wildman–Crippen LogP) is 5.12. The molecular formula is C18H16Cl3N3O2. The standard InChI is InChI=1S/C18H16Cl3N3O2/c1-4-7-24(10-11-5-6-13(25-2)14(8-11)26-3)18-16(20)15(19)12(9-22)17(21)23-18/h4-6,8H,1,7,10H2,2-3H3. The minimum Gasteiger partial charge on any atom is -0.493 e. The van der Waals surface area contributed by atoms with Crippen molar-refractivity contribution in [1.29, 1.82) is 5.26 Å². The second-order valence-electron chi connectivity index (χ2n) is 5.20. The maximum absolute atomic E-state index is 9.13. The van der Waals surface area contributed by atoms with E-state index >= 15 is 0 Å². The first-order chi connectivity index (χ1) is 12.5. The molecule has 0 unspecified atom stereocenters. The second-order valence-corrected chi connectivity index (χ2v) is 6.31. The van der Waals surface area contributed by atoms with Crippen LogP contribution in [0.25, 0.3) is 0 Å². The Hall–Kier alpha value is -2.13. The number of anilines is 1. The highest BCUT2D eigenvalue weighted by atomic mass is 35.5. The number of nitrogens with zero attached hydrogens (tertiary/aromatic N) is 3. The smallest absolute Gasteiger partial charge is 0.161 e. The fourth-order valence-electron chi connectivity index (χ4n) is 2.38. The SMILES string of the molecule is C=CCN(Cc1ccc(OC)c(OC)c1)c1nc(Cl)c(C#N)c(Cl)c1Cl. The lowest BCUT2D eigenvalue weighted by atomic mass is 10.1. The first kappa shape index (κ1) is 20.2. The van der Waals surface area contributed by atoms with Crippen molar-refractivity contribution < 1.29 is 9.47 Å². The van der Waals surface area contributed by atoms with Gasteiger partial charge in [0.25, 0.3) is 0 Å². The van der Waals surface area contributed by atoms with Gasteiger partial charge < -0.3 is 14.4 Å². The Balaban J connectivity index is 2.45. The Labute approximate surface area is 167 Å². The van der Waals surface area contributed by atoms with E-state index in [0.29, 0.717) is 30.4 Å². The highest BCUT2D eigenvalue weighted by Gasteiger charge is 2.20. The summed E-state index contributed by atoms with van der Waals surface area (Å²) >= 11 is 18.6. The van der Waals surface area contributed by atoms with Crippen LogP contribution in [0, 0.1) is 11.3 Å². The van der Waals surface area contributed by atoms with Crippen LogP contribution < -0.4 is 14.4 Å². The quantitative estimate of drug-likeness (QED) is 0.466. The number of hydrogen-bond donors (Lipinski definition) is 0. The molecule has 8 heteroatoms. The summed E-state index contributed by atoms with van der Waals surface area (Å²) in [6.07, 6.45) is 1.71. The van der Waals surface area contributed by atoms with Gasteiger partial charge in [0.05, 0.1) is 19.2 Å². The van der Waals surface area contributed by atoms with Crippen LogP contribution in [0.3, 0.4) is 0 Å². The van der Waals surface area contributed by atoms with Crippen molar-refractivity contribution in [3.8, 4) is 17.6 Å². The Kier molecular flexibility index (Phi) is 6.98. The molecule has 1 aromatic carbocycles. The number of aromatic nitrogens is 1. The third-order valence-electron chi connectivity index (χ3n) is 3.60. The third kappa shape index (κ3) is 4.16. The van der Waals surface area contributed by atoms with Crippen molar-refractivity contribution in [3.05, 3.63) is 57.2 Å². The second kappa shape index (κ2) is 9.00. The maximum atomic E-state index is 9.13. The fourth-order valence-corrected chi connectivity index (χ4v) is 3.12. The summed E-state index contributed by atoms with van der Waals surface area (Å²) in [4.78, 5) is 6.09. The van der Waals surface area contributed by atoms with Gasteiger partial charge in [-0.05, 0) is 17.7 Å². The van der Waals surface area contributed by atoms with Crippen LogP contribution in [0.1, 0.15) is 11.1 Å². The first-order valence-electron chi connectivity index (χ1n) is 7.48. The molecule has 0 bridgehead atoms. The van der Waals surface area contributed by atoms with Crippen molar-refractivity contribution in [2.45, 2.75) is 6.54 Å². The molecule has 2 aromatic rings. The summed E-state index contributed by atoms with van der Waals surface area (Å²) in [5.41, 5.74) is 0.978. The molecule has 1 heterocycles. The zero-order valence-electron chi connectivity index (χ0n) is 14.2. The lowest BCUT2D eigenvalue weighted by Gasteiger charge is -2.24. The number of methoxy groups -OCH3 is 2. The molecule has 0 N–H and O–H groups in total. The molecule has 136 valence electrons. The normalized spacial score (nSPS) is 10.2. The molecule has 0 saturated heterocycles. The lowest BCUT2D eigenvalue weighted by Crippen LogP contribution is -2.24. The average Bonchev–Trinajstić information content (AvgIpc) is 2.64. The molecule has 0 spiro atoms. The topological polar surface area (TPSA) is 58.4 Å². The lowest BCUT2D eigenvalue weighted by molar-refractivity contribution is 0.354. The molecule has 2 rings (SSSR count). The molecule has 0 saturated carbocycles. The molecule has 0 aliphatic heterocycles. The summed E-state index contributed by atoms with van der Waals surface area (Å²) in [7, 11) is 3.15. The van der Waals surface area contributed by atoms with Crippen LogP contribution in [0.2, 0.25) is 15.2 Å². The van der Waals surface area contributed by atoms with Gasteiger partial charge in [-0.2, -0.15) is 5.26 Å². The predicted molar refractivity (Wildman–Crippen MR) is 105 cm³/mol. The van der Waals surface area contributed by atoms with E-state index < -0.39 is 0 Å². The molecule has 0 atom stereocenters. The number of hydrogen-bond acceptors (Lipinski definition) is 5. The molecule has 0 radical (unpaired) electrons. The summed E-state index contributed by atoms with van der Waals surface area (Å²) in [6, 6.07) is 7.47. The average molecular weight is 413 g/mol. The van der Waals surface area contributed by atoms with Gasteiger partial charge >= 0.3 is 0 Å². The van der Waals surface area contributed by atoms with E-state index in [1.54, 1.807) is 20.3 Å². The van der Waals surface area contributed by atoms with Gasteiger partial charge in [-0.15, -0.1) is 6.58 Å². The Bertz CT molecular complexity index is 866. The molecular weight excluding hydrogens is 397 g/mol. The first-order valence-corrected chi connectivity index (χ1v) is 8.61. The molecule has 0 aliphatic rings. The van der Waals surface area contributed by atoms with Gasteiger partial charge in [0, 0.05) is 13.1 Å². The van der Waals surface area contributed by atoms with Crippen LogP contribution in [-0.2, 0) is 6.54 Å². The molecule has 0 amide bonds. The van der Waals surface area contributed by atoms with Crippen molar-refractivity contribution in [2.75, 3.05) is 25.7 Å². The number of pyridine rings is 1. The minimum absolute atomic E-state index is 0.00160. The van der Waals surface area contributed by atoms with Gasteiger partial charge in [-0.25, -0.2) is 4.98 Å². The highest BCUT2D eigenvalue weighted by molar-refractivity contribution is 6.45.